The molecular formula is C15H12ClN3O2. The fourth-order valence-electron chi connectivity index (χ4n) is 2.40. The second-order valence-corrected chi connectivity index (χ2v) is 5.14. The Morgan fingerprint density at radius 3 is 3.10 bits per heavy atom. The maximum atomic E-state index is 12.7. The van der Waals surface area contributed by atoms with Crippen LogP contribution in [0.2, 0.25) is 5.15 Å². The fraction of sp³-hybridized carbons (Fsp3) is 0.267. The minimum Gasteiger partial charge on any atom is -0.360 e. The van der Waals surface area contributed by atoms with Crippen molar-refractivity contribution in [3.63, 3.8) is 0 Å². The molecule has 1 aliphatic rings. The van der Waals surface area contributed by atoms with Gasteiger partial charge in [-0.15, -0.1) is 0 Å². The molecule has 3 rings (SSSR count). The van der Waals surface area contributed by atoms with Crippen molar-refractivity contribution in [2.45, 2.75) is 6.10 Å². The van der Waals surface area contributed by atoms with Crippen LogP contribution in [0.1, 0.15) is 10.4 Å². The van der Waals surface area contributed by atoms with Crippen molar-refractivity contribution in [2.24, 2.45) is 0 Å². The number of fused-ring (bicyclic) bond motifs is 1. The molecule has 0 radical (unpaired) electrons. The first-order valence-corrected chi connectivity index (χ1v) is 6.92. The van der Waals surface area contributed by atoms with Gasteiger partial charge in [0.1, 0.15) is 5.15 Å². The number of hydrogen-bond acceptors (Lipinski definition) is 4. The van der Waals surface area contributed by atoms with Gasteiger partial charge >= 0.3 is 0 Å². The van der Waals surface area contributed by atoms with Crippen LogP contribution in [0.15, 0.2) is 30.3 Å². The average molecular weight is 302 g/mol. The highest BCUT2D eigenvalue weighted by Crippen LogP contribution is 2.23. The third kappa shape index (κ3) is 2.68. The molecule has 1 saturated heterocycles. The van der Waals surface area contributed by atoms with Gasteiger partial charge in [0.2, 0.25) is 0 Å². The molecule has 1 unspecified atom stereocenters. The normalized spacial score (nSPS) is 18.5. The van der Waals surface area contributed by atoms with Crippen molar-refractivity contribution in [1.82, 2.24) is 9.88 Å². The van der Waals surface area contributed by atoms with E-state index >= 15 is 0 Å². The number of amides is 1. The van der Waals surface area contributed by atoms with Crippen molar-refractivity contribution < 1.29 is 9.53 Å². The Labute approximate surface area is 126 Å². The molecule has 1 aromatic carbocycles. The first-order valence-electron chi connectivity index (χ1n) is 6.55. The molecule has 1 aromatic heterocycles. The molecule has 0 bridgehead atoms. The van der Waals surface area contributed by atoms with Crippen LogP contribution in [0.5, 0.6) is 0 Å². The van der Waals surface area contributed by atoms with E-state index in [4.69, 9.17) is 21.6 Å². The molecule has 0 aliphatic carbocycles. The Bertz CT molecular complexity index is 741. The van der Waals surface area contributed by atoms with Gasteiger partial charge in [-0.25, -0.2) is 4.98 Å². The van der Waals surface area contributed by atoms with Crippen molar-refractivity contribution in [3.05, 3.63) is 41.0 Å². The maximum Gasteiger partial charge on any atom is 0.254 e. The number of carbonyl (C=O) groups excluding carboxylic acids is 1. The minimum absolute atomic E-state index is 0.154. The number of nitrogens with zero attached hydrogens (tertiary/aromatic N) is 3. The van der Waals surface area contributed by atoms with Crippen LogP contribution in [0, 0.1) is 11.3 Å². The highest BCUT2D eigenvalue weighted by atomic mass is 35.5. The predicted molar refractivity (Wildman–Crippen MR) is 78.0 cm³/mol. The molecule has 1 fully saturated rings. The molecule has 0 saturated carbocycles. The van der Waals surface area contributed by atoms with Crippen LogP contribution in [0.25, 0.3) is 10.9 Å². The number of halogens is 1. The Morgan fingerprint density at radius 2 is 2.29 bits per heavy atom. The average Bonchev–Trinajstić information content (AvgIpc) is 2.53. The van der Waals surface area contributed by atoms with E-state index in [9.17, 15) is 4.79 Å². The summed E-state index contributed by atoms with van der Waals surface area (Å²) in [6, 6.07) is 11.0. The van der Waals surface area contributed by atoms with Crippen molar-refractivity contribution >= 4 is 28.4 Å². The number of pyridine rings is 1. The lowest BCUT2D eigenvalue weighted by Crippen LogP contribution is -2.45. The zero-order chi connectivity index (χ0) is 14.8. The number of ether oxygens (including phenoxy) is 1. The van der Waals surface area contributed by atoms with Gasteiger partial charge in [0, 0.05) is 11.9 Å². The minimum atomic E-state index is -0.578. The lowest BCUT2D eigenvalue weighted by molar-refractivity contribution is 0.00355. The molecule has 1 atom stereocenters. The van der Waals surface area contributed by atoms with Crippen LogP contribution in [0.3, 0.4) is 0 Å². The fourth-order valence-corrected chi connectivity index (χ4v) is 2.60. The van der Waals surface area contributed by atoms with Gasteiger partial charge in [-0.05, 0) is 12.1 Å². The summed E-state index contributed by atoms with van der Waals surface area (Å²) in [5.74, 6) is -0.154. The van der Waals surface area contributed by atoms with Crippen LogP contribution in [0.4, 0.5) is 0 Å². The number of para-hydroxylation sites is 1. The molecule has 21 heavy (non-hydrogen) atoms. The number of hydrogen-bond donors (Lipinski definition) is 0. The molecule has 2 heterocycles. The Balaban J connectivity index is 2.00. The van der Waals surface area contributed by atoms with Gasteiger partial charge in [-0.1, -0.05) is 29.8 Å². The third-order valence-electron chi connectivity index (χ3n) is 3.41. The monoisotopic (exact) mass is 301 g/mol. The number of rotatable bonds is 1. The smallest absolute Gasteiger partial charge is 0.254 e. The van der Waals surface area contributed by atoms with Crippen molar-refractivity contribution in [3.8, 4) is 6.07 Å². The van der Waals surface area contributed by atoms with E-state index in [-0.39, 0.29) is 17.6 Å². The highest BCUT2D eigenvalue weighted by molar-refractivity contribution is 6.30. The Kier molecular flexibility index (Phi) is 3.74. The van der Waals surface area contributed by atoms with E-state index in [1.807, 2.05) is 30.3 Å². The summed E-state index contributed by atoms with van der Waals surface area (Å²) in [4.78, 5) is 18.5. The van der Waals surface area contributed by atoms with Gasteiger partial charge in [-0.3, -0.25) is 4.79 Å². The zero-order valence-electron chi connectivity index (χ0n) is 11.1. The summed E-state index contributed by atoms with van der Waals surface area (Å²) in [6.07, 6.45) is -0.578. The van der Waals surface area contributed by atoms with Crippen LogP contribution >= 0.6 is 11.6 Å². The summed E-state index contributed by atoms with van der Waals surface area (Å²) in [5.41, 5.74) is 1.18. The summed E-state index contributed by atoms with van der Waals surface area (Å²) in [7, 11) is 0. The first kappa shape index (κ1) is 13.8. The molecule has 5 nitrogen and oxygen atoms in total. The molecule has 0 spiro atoms. The van der Waals surface area contributed by atoms with Crippen LogP contribution < -0.4 is 0 Å². The molecule has 1 aliphatic heterocycles. The van der Waals surface area contributed by atoms with Gasteiger partial charge in [0.05, 0.1) is 30.3 Å². The van der Waals surface area contributed by atoms with E-state index in [2.05, 4.69) is 4.98 Å². The molecule has 1 amide bonds. The molecule has 6 heteroatoms. The number of nitriles is 1. The summed E-state index contributed by atoms with van der Waals surface area (Å²) < 4.78 is 5.26. The SMILES string of the molecule is N#CC1CN(C(=O)c2cc(Cl)nc3ccccc23)CCO1. The standard InChI is InChI=1S/C15H12ClN3O2/c16-14-7-12(11-3-1-2-4-13(11)18-14)15(20)19-5-6-21-10(8-17)9-19/h1-4,7,10H,5-6,9H2. The van der Waals surface area contributed by atoms with Gasteiger partial charge in [0.25, 0.3) is 5.91 Å². The second-order valence-electron chi connectivity index (χ2n) is 4.75. The number of carbonyl (C=O) groups is 1. The molecule has 106 valence electrons. The van der Waals surface area contributed by atoms with Gasteiger partial charge < -0.3 is 9.64 Å². The lowest BCUT2D eigenvalue weighted by atomic mass is 10.1. The molecule has 0 N–H and O–H groups in total. The van der Waals surface area contributed by atoms with E-state index in [1.165, 1.54) is 0 Å². The van der Waals surface area contributed by atoms with E-state index in [0.717, 1.165) is 5.39 Å². The lowest BCUT2D eigenvalue weighted by Gasteiger charge is -2.30. The van der Waals surface area contributed by atoms with Crippen LogP contribution in [-0.2, 0) is 4.74 Å². The molecular weight excluding hydrogens is 290 g/mol. The summed E-state index contributed by atoms with van der Waals surface area (Å²) in [5, 5.41) is 9.97. The van der Waals surface area contributed by atoms with E-state index in [1.54, 1.807) is 11.0 Å². The second kappa shape index (κ2) is 5.68. The maximum absolute atomic E-state index is 12.7. The van der Waals surface area contributed by atoms with Crippen molar-refractivity contribution in [1.29, 1.82) is 5.26 Å². The first-order chi connectivity index (χ1) is 10.2. The Hall–Kier alpha value is -2.16. The van der Waals surface area contributed by atoms with E-state index in [0.29, 0.717) is 24.2 Å². The zero-order valence-corrected chi connectivity index (χ0v) is 11.9. The summed E-state index contributed by atoms with van der Waals surface area (Å²) >= 11 is 6.00. The molecule has 2 aromatic rings. The highest BCUT2D eigenvalue weighted by Gasteiger charge is 2.26. The Morgan fingerprint density at radius 1 is 1.48 bits per heavy atom. The quantitative estimate of drug-likeness (QED) is 0.758. The number of benzene rings is 1. The third-order valence-corrected chi connectivity index (χ3v) is 3.61. The predicted octanol–water partition coefficient (Wildman–Crippen LogP) is 2.25. The topological polar surface area (TPSA) is 66.2 Å². The number of aromatic nitrogens is 1. The van der Waals surface area contributed by atoms with E-state index < -0.39 is 6.10 Å². The van der Waals surface area contributed by atoms with Gasteiger partial charge in [-0.2, -0.15) is 5.26 Å². The van der Waals surface area contributed by atoms with Crippen molar-refractivity contribution in [2.75, 3.05) is 19.7 Å². The summed E-state index contributed by atoms with van der Waals surface area (Å²) in [6.45, 7) is 1.09. The van der Waals surface area contributed by atoms with Crippen LogP contribution in [-0.4, -0.2) is 41.6 Å². The number of morpholine rings is 1. The largest absolute Gasteiger partial charge is 0.360 e. The van der Waals surface area contributed by atoms with Gasteiger partial charge in [0.15, 0.2) is 6.10 Å².